The van der Waals surface area contributed by atoms with E-state index in [1.807, 2.05) is 28.5 Å². The molecule has 0 aliphatic carbocycles. The molecule has 3 heterocycles. The van der Waals surface area contributed by atoms with Crippen molar-refractivity contribution in [2.75, 3.05) is 18.4 Å². The molecule has 5 rings (SSSR count). The summed E-state index contributed by atoms with van der Waals surface area (Å²) in [5, 5.41) is 6.04. The number of benzene rings is 2. The summed E-state index contributed by atoms with van der Waals surface area (Å²) in [6, 6.07) is 14.3. The standard InChI is InChI=1S/C22H19ClN4O3S2/c23-16-7-5-14(6-8-16)18-13-31-22(24-18)25-21(28)15-9-11-27(12-10-15)20-17-3-1-2-4-19(17)32(29,30)26-20/h1-8,13,15H,9-12H2,(H,24,25,28). The number of nitrogens with one attached hydrogen (secondary N) is 1. The number of piperidine rings is 1. The van der Waals surface area contributed by atoms with Gasteiger partial charge < -0.3 is 10.2 Å². The average Bonchev–Trinajstić information content (AvgIpc) is 3.37. The number of aromatic nitrogens is 1. The van der Waals surface area contributed by atoms with Crippen molar-refractivity contribution < 1.29 is 13.2 Å². The van der Waals surface area contributed by atoms with Crippen molar-refractivity contribution in [1.29, 1.82) is 0 Å². The SMILES string of the molecule is O=C(Nc1nc(-c2ccc(Cl)cc2)cs1)C1CCN(C2=NS(=O)(=O)c3ccccc32)CC1. The third-order valence-electron chi connectivity index (χ3n) is 5.65. The number of likely N-dealkylation sites (tertiary alicyclic amines) is 1. The van der Waals surface area contributed by atoms with Crippen LogP contribution in [0.1, 0.15) is 18.4 Å². The Morgan fingerprint density at radius 3 is 2.56 bits per heavy atom. The molecule has 0 atom stereocenters. The van der Waals surface area contributed by atoms with Crippen molar-refractivity contribution in [3.8, 4) is 11.3 Å². The molecule has 0 spiro atoms. The molecule has 2 aliphatic rings. The van der Waals surface area contributed by atoms with E-state index in [4.69, 9.17) is 11.6 Å². The molecule has 0 unspecified atom stereocenters. The predicted octanol–water partition coefficient (Wildman–Crippen LogP) is 4.26. The van der Waals surface area contributed by atoms with E-state index in [0.717, 1.165) is 11.3 Å². The molecule has 1 fully saturated rings. The zero-order valence-electron chi connectivity index (χ0n) is 16.9. The summed E-state index contributed by atoms with van der Waals surface area (Å²) in [5.41, 5.74) is 2.36. The van der Waals surface area contributed by atoms with Gasteiger partial charge in [-0.05, 0) is 37.1 Å². The minimum Gasteiger partial charge on any atom is -0.355 e. The van der Waals surface area contributed by atoms with Gasteiger partial charge in [-0.15, -0.1) is 15.7 Å². The van der Waals surface area contributed by atoms with Gasteiger partial charge in [-0.1, -0.05) is 35.9 Å². The highest BCUT2D eigenvalue weighted by Crippen LogP contribution is 2.31. The van der Waals surface area contributed by atoms with E-state index >= 15 is 0 Å². The largest absolute Gasteiger partial charge is 0.355 e. The first-order chi connectivity index (χ1) is 15.4. The van der Waals surface area contributed by atoms with Crippen molar-refractivity contribution in [2.45, 2.75) is 17.7 Å². The van der Waals surface area contributed by atoms with Gasteiger partial charge in [-0.3, -0.25) is 4.79 Å². The van der Waals surface area contributed by atoms with E-state index in [1.54, 1.807) is 30.3 Å². The zero-order chi connectivity index (χ0) is 22.3. The number of rotatable bonds is 3. The van der Waals surface area contributed by atoms with Crippen LogP contribution in [0.2, 0.25) is 5.02 Å². The monoisotopic (exact) mass is 486 g/mol. The Kier molecular flexibility index (Phi) is 5.48. The third kappa shape index (κ3) is 4.03. The number of anilines is 1. The zero-order valence-corrected chi connectivity index (χ0v) is 19.3. The fourth-order valence-corrected chi connectivity index (χ4v) is 6.04. The number of hydrogen-bond acceptors (Lipinski definition) is 6. The van der Waals surface area contributed by atoms with Gasteiger partial charge in [0.25, 0.3) is 10.0 Å². The molecule has 1 amide bonds. The summed E-state index contributed by atoms with van der Waals surface area (Å²) in [4.78, 5) is 19.5. The van der Waals surface area contributed by atoms with Crippen molar-refractivity contribution in [3.05, 3.63) is 64.5 Å². The average molecular weight is 487 g/mol. The van der Waals surface area contributed by atoms with Gasteiger partial charge in [0.1, 0.15) is 4.90 Å². The van der Waals surface area contributed by atoms with E-state index in [2.05, 4.69) is 14.7 Å². The van der Waals surface area contributed by atoms with Gasteiger partial charge in [0.05, 0.1) is 5.69 Å². The van der Waals surface area contributed by atoms with Crippen LogP contribution in [0.3, 0.4) is 0 Å². The lowest BCUT2D eigenvalue weighted by Gasteiger charge is -2.32. The van der Waals surface area contributed by atoms with E-state index in [1.165, 1.54) is 11.3 Å². The number of fused-ring (bicyclic) bond motifs is 1. The highest BCUT2D eigenvalue weighted by atomic mass is 35.5. The minimum atomic E-state index is -3.64. The van der Waals surface area contributed by atoms with Gasteiger partial charge in [-0.25, -0.2) is 4.98 Å². The second-order valence-corrected chi connectivity index (χ2v) is 10.5. The van der Waals surface area contributed by atoms with Gasteiger partial charge in [0, 0.05) is 40.5 Å². The van der Waals surface area contributed by atoms with Crippen LogP contribution in [0.4, 0.5) is 5.13 Å². The lowest BCUT2D eigenvalue weighted by molar-refractivity contribution is -0.120. The Morgan fingerprint density at radius 2 is 1.81 bits per heavy atom. The van der Waals surface area contributed by atoms with Gasteiger partial charge in [-0.2, -0.15) is 8.42 Å². The highest BCUT2D eigenvalue weighted by molar-refractivity contribution is 7.90. The molecule has 0 radical (unpaired) electrons. The first-order valence-corrected chi connectivity index (χ1v) is 12.8. The number of halogens is 1. The lowest BCUT2D eigenvalue weighted by Crippen LogP contribution is -2.41. The molecule has 1 saturated heterocycles. The summed E-state index contributed by atoms with van der Waals surface area (Å²) < 4.78 is 28.6. The van der Waals surface area contributed by atoms with Crippen molar-refractivity contribution in [3.63, 3.8) is 0 Å². The molecular weight excluding hydrogens is 468 g/mol. The Hall–Kier alpha value is -2.75. The second kappa shape index (κ2) is 8.31. The number of nitrogens with zero attached hydrogens (tertiary/aromatic N) is 3. The molecule has 1 aromatic heterocycles. The van der Waals surface area contributed by atoms with Crippen LogP contribution in [0.5, 0.6) is 0 Å². The fourth-order valence-electron chi connectivity index (χ4n) is 3.96. The number of carbonyl (C=O) groups excluding carboxylic acids is 1. The Labute approximate surface area is 194 Å². The van der Waals surface area contributed by atoms with Crippen molar-refractivity contribution >= 4 is 49.8 Å². The maximum Gasteiger partial charge on any atom is 0.285 e. The quantitative estimate of drug-likeness (QED) is 0.597. The molecule has 1 N–H and O–H groups in total. The molecule has 7 nitrogen and oxygen atoms in total. The smallest absolute Gasteiger partial charge is 0.285 e. The Morgan fingerprint density at radius 1 is 1.09 bits per heavy atom. The molecular formula is C22H19ClN4O3S2. The summed E-state index contributed by atoms with van der Waals surface area (Å²) in [7, 11) is -3.64. The summed E-state index contributed by atoms with van der Waals surface area (Å²) >= 11 is 7.32. The van der Waals surface area contributed by atoms with E-state index in [0.29, 0.717) is 47.5 Å². The van der Waals surface area contributed by atoms with Gasteiger partial charge in [0.15, 0.2) is 11.0 Å². The second-order valence-electron chi connectivity index (χ2n) is 7.68. The predicted molar refractivity (Wildman–Crippen MR) is 126 cm³/mol. The molecule has 164 valence electrons. The van der Waals surface area contributed by atoms with Gasteiger partial charge >= 0.3 is 0 Å². The third-order valence-corrected chi connectivity index (χ3v) is 7.99. The minimum absolute atomic E-state index is 0.0666. The van der Waals surface area contributed by atoms with Crippen molar-refractivity contribution in [2.24, 2.45) is 10.3 Å². The van der Waals surface area contributed by atoms with Crippen LogP contribution < -0.4 is 5.32 Å². The molecule has 2 aliphatic heterocycles. The molecule has 10 heteroatoms. The first kappa shape index (κ1) is 21.1. The summed E-state index contributed by atoms with van der Waals surface area (Å²) in [6.07, 6.45) is 1.23. The van der Waals surface area contributed by atoms with Crippen LogP contribution in [-0.2, 0) is 14.8 Å². The normalized spacial score (nSPS) is 17.7. The molecule has 2 aromatic carbocycles. The number of hydrogen-bond donors (Lipinski definition) is 1. The number of sulfonamides is 1. The molecule has 32 heavy (non-hydrogen) atoms. The Balaban J connectivity index is 1.22. The summed E-state index contributed by atoms with van der Waals surface area (Å²) in [6.45, 7) is 1.13. The summed E-state index contributed by atoms with van der Waals surface area (Å²) in [5.74, 6) is 0.248. The molecule has 3 aromatic rings. The van der Waals surface area contributed by atoms with E-state index in [9.17, 15) is 13.2 Å². The number of amidine groups is 1. The van der Waals surface area contributed by atoms with E-state index in [-0.39, 0.29) is 16.7 Å². The number of thiazole rings is 1. The number of carbonyl (C=O) groups is 1. The van der Waals surface area contributed by atoms with Gasteiger partial charge in [0.2, 0.25) is 5.91 Å². The Bertz CT molecular complexity index is 1310. The van der Waals surface area contributed by atoms with Crippen LogP contribution in [0, 0.1) is 5.92 Å². The maximum absolute atomic E-state index is 12.8. The maximum atomic E-state index is 12.8. The van der Waals surface area contributed by atoms with Crippen LogP contribution in [-0.4, -0.2) is 43.1 Å². The fraction of sp³-hybridized carbons (Fsp3) is 0.227. The highest BCUT2D eigenvalue weighted by Gasteiger charge is 2.34. The molecule has 0 saturated carbocycles. The first-order valence-electron chi connectivity index (χ1n) is 10.1. The molecule has 0 bridgehead atoms. The van der Waals surface area contributed by atoms with Crippen LogP contribution in [0.25, 0.3) is 11.3 Å². The lowest BCUT2D eigenvalue weighted by atomic mass is 9.95. The topological polar surface area (TPSA) is 91.7 Å². The number of amides is 1. The van der Waals surface area contributed by atoms with E-state index < -0.39 is 10.0 Å². The van der Waals surface area contributed by atoms with Crippen LogP contribution >= 0.6 is 22.9 Å². The van der Waals surface area contributed by atoms with Crippen molar-refractivity contribution in [1.82, 2.24) is 9.88 Å². The van der Waals surface area contributed by atoms with Crippen LogP contribution in [0.15, 0.2) is 63.2 Å².